The van der Waals surface area contributed by atoms with Crippen LogP contribution >= 0.6 is 0 Å². The number of piperidine rings is 1. The van der Waals surface area contributed by atoms with E-state index in [0.717, 1.165) is 34.7 Å². The highest BCUT2D eigenvalue weighted by Gasteiger charge is 2.45. The van der Waals surface area contributed by atoms with E-state index in [-0.39, 0.29) is 18.7 Å². The number of imide groups is 2. The molecule has 3 N–H and O–H groups in total. The van der Waals surface area contributed by atoms with E-state index in [1.165, 1.54) is 5.56 Å². The maximum Gasteiger partial charge on any atom is 0.262 e. The van der Waals surface area contributed by atoms with Crippen molar-refractivity contribution >= 4 is 29.3 Å². The first-order chi connectivity index (χ1) is 14.9. The van der Waals surface area contributed by atoms with Crippen molar-refractivity contribution in [1.29, 1.82) is 0 Å². The summed E-state index contributed by atoms with van der Waals surface area (Å²) < 4.78 is 0. The molecule has 8 heteroatoms. The lowest BCUT2D eigenvalue weighted by Crippen LogP contribution is -2.54. The Balaban J connectivity index is 1.42. The van der Waals surface area contributed by atoms with E-state index in [1.54, 1.807) is 12.1 Å². The van der Waals surface area contributed by atoms with E-state index in [9.17, 15) is 19.2 Å². The van der Waals surface area contributed by atoms with Crippen LogP contribution in [0.2, 0.25) is 0 Å². The highest BCUT2D eigenvalue weighted by atomic mass is 16.2. The molecule has 3 aliphatic heterocycles. The van der Waals surface area contributed by atoms with E-state index >= 15 is 0 Å². The molecule has 1 unspecified atom stereocenters. The quantitative estimate of drug-likeness (QED) is 0.573. The average molecular weight is 418 g/mol. The van der Waals surface area contributed by atoms with Gasteiger partial charge in [0.2, 0.25) is 11.8 Å². The first-order valence-corrected chi connectivity index (χ1v) is 10.4. The molecule has 5 rings (SSSR count). The van der Waals surface area contributed by atoms with Gasteiger partial charge in [-0.3, -0.25) is 34.3 Å². The fourth-order valence-electron chi connectivity index (χ4n) is 4.76. The molecule has 3 heterocycles. The molecule has 2 aromatic rings. The predicted molar refractivity (Wildman–Crippen MR) is 112 cm³/mol. The van der Waals surface area contributed by atoms with Gasteiger partial charge in [-0.15, -0.1) is 0 Å². The topological polar surface area (TPSA) is 113 Å². The smallest absolute Gasteiger partial charge is 0.262 e. The Bertz CT molecular complexity index is 1140. The summed E-state index contributed by atoms with van der Waals surface area (Å²) in [5.74, 6) is -1.94. The van der Waals surface area contributed by atoms with Crippen LogP contribution in [0.1, 0.15) is 50.2 Å². The van der Waals surface area contributed by atoms with Gasteiger partial charge in [-0.2, -0.15) is 0 Å². The molecule has 0 saturated carbocycles. The summed E-state index contributed by atoms with van der Waals surface area (Å²) in [6.45, 7) is 1.99. The van der Waals surface area contributed by atoms with Gasteiger partial charge in [0.1, 0.15) is 6.04 Å². The fraction of sp³-hybridized carbons (Fsp3) is 0.304. The molecule has 31 heavy (non-hydrogen) atoms. The molecule has 0 aromatic heterocycles. The van der Waals surface area contributed by atoms with Gasteiger partial charge in [0.05, 0.1) is 11.1 Å². The monoisotopic (exact) mass is 418 g/mol. The van der Waals surface area contributed by atoms with Crippen LogP contribution in [0.25, 0.3) is 0 Å². The van der Waals surface area contributed by atoms with Crippen molar-refractivity contribution in [1.82, 2.24) is 15.1 Å². The average Bonchev–Trinajstić information content (AvgIpc) is 3.00. The second-order valence-electron chi connectivity index (χ2n) is 8.23. The minimum Gasteiger partial charge on any atom is -0.398 e. The zero-order valence-corrected chi connectivity index (χ0v) is 16.9. The molecule has 1 fully saturated rings. The fourth-order valence-corrected chi connectivity index (χ4v) is 4.76. The van der Waals surface area contributed by atoms with Gasteiger partial charge in [-0.05, 0) is 41.7 Å². The third-order valence-electron chi connectivity index (χ3n) is 6.34. The molecule has 3 aliphatic rings. The largest absolute Gasteiger partial charge is 0.398 e. The second kappa shape index (κ2) is 7.31. The lowest BCUT2D eigenvalue weighted by molar-refractivity contribution is -0.136. The number of nitrogens with one attached hydrogen (secondary N) is 1. The number of hydrogen-bond acceptors (Lipinski definition) is 6. The maximum absolute atomic E-state index is 13.3. The minimum absolute atomic E-state index is 0.102. The summed E-state index contributed by atoms with van der Waals surface area (Å²) in [5, 5.41) is 2.23. The minimum atomic E-state index is -0.959. The normalized spacial score (nSPS) is 21.2. The summed E-state index contributed by atoms with van der Waals surface area (Å²) in [6.07, 6.45) is 1.11. The van der Waals surface area contributed by atoms with E-state index in [1.807, 2.05) is 18.2 Å². The number of benzene rings is 2. The van der Waals surface area contributed by atoms with Gasteiger partial charge >= 0.3 is 0 Å². The Morgan fingerprint density at radius 2 is 1.81 bits per heavy atom. The number of nitrogens with two attached hydrogens (primary N) is 1. The standard InChI is InChI=1S/C23H22N4O4/c24-17-6-2-3-13-9-10-26(12-16(13)17)11-14-4-1-5-15-20(14)23(31)27(22(15)30)18-7-8-19(28)25-21(18)29/h1-6,18H,7-12,24H2,(H,25,28,29). The van der Waals surface area contributed by atoms with Crippen molar-refractivity contribution in [3.63, 3.8) is 0 Å². The van der Waals surface area contributed by atoms with Crippen LogP contribution in [0.15, 0.2) is 36.4 Å². The number of hydrogen-bond donors (Lipinski definition) is 2. The first-order valence-electron chi connectivity index (χ1n) is 10.4. The molecule has 158 valence electrons. The number of rotatable bonds is 3. The van der Waals surface area contributed by atoms with Crippen LogP contribution in [0.3, 0.4) is 0 Å². The summed E-state index contributed by atoms with van der Waals surface area (Å²) in [6, 6.07) is 10.2. The van der Waals surface area contributed by atoms with Crippen molar-refractivity contribution in [3.05, 3.63) is 64.2 Å². The zero-order valence-electron chi connectivity index (χ0n) is 16.9. The molecule has 0 radical (unpaired) electrons. The Morgan fingerprint density at radius 1 is 1.00 bits per heavy atom. The molecule has 0 bridgehead atoms. The van der Waals surface area contributed by atoms with Crippen LogP contribution in [0, 0.1) is 0 Å². The Hall–Kier alpha value is -3.52. The van der Waals surface area contributed by atoms with E-state index in [0.29, 0.717) is 24.2 Å². The second-order valence-corrected chi connectivity index (χ2v) is 8.23. The zero-order chi connectivity index (χ0) is 21.7. The molecule has 4 amide bonds. The highest BCUT2D eigenvalue weighted by Crippen LogP contribution is 2.32. The SMILES string of the molecule is Nc1cccc2c1CN(Cc1cccc3c1C(=O)N(C1CCC(=O)NC1=O)C3=O)CC2. The molecular weight excluding hydrogens is 396 g/mol. The van der Waals surface area contributed by atoms with Gasteiger partial charge < -0.3 is 5.73 Å². The number of carbonyl (C=O) groups excluding carboxylic acids is 4. The van der Waals surface area contributed by atoms with Crippen LogP contribution in [0.5, 0.6) is 0 Å². The van der Waals surface area contributed by atoms with Crippen LogP contribution < -0.4 is 11.1 Å². The molecule has 8 nitrogen and oxygen atoms in total. The van der Waals surface area contributed by atoms with Gasteiger partial charge in [0.15, 0.2) is 0 Å². The number of anilines is 1. The molecule has 2 aromatic carbocycles. The molecule has 1 atom stereocenters. The maximum atomic E-state index is 13.3. The third-order valence-corrected chi connectivity index (χ3v) is 6.34. The predicted octanol–water partition coefficient (Wildman–Crippen LogP) is 1.23. The van der Waals surface area contributed by atoms with Crippen LogP contribution in [-0.2, 0) is 29.1 Å². The first kappa shape index (κ1) is 19.4. The van der Waals surface area contributed by atoms with Gasteiger partial charge in [0.25, 0.3) is 11.8 Å². The number of fused-ring (bicyclic) bond motifs is 2. The summed E-state index contributed by atoms with van der Waals surface area (Å²) in [7, 11) is 0. The Kier molecular flexibility index (Phi) is 4.59. The van der Waals surface area contributed by atoms with Crippen LogP contribution in [-0.4, -0.2) is 46.0 Å². The van der Waals surface area contributed by atoms with Gasteiger partial charge in [-0.1, -0.05) is 24.3 Å². The summed E-state index contributed by atoms with van der Waals surface area (Å²) >= 11 is 0. The van der Waals surface area contributed by atoms with Crippen molar-refractivity contribution in [2.45, 2.75) is 38.4 Å². The number of nitrogen functional groups attached to an aromatic ring is 1. The van der Waals surface area contributed by atoms with Crippen molar-refractivity contribution in [2.24, 2.45) is 0 Å². The molecule has 0 spiro atoms. The van der Waals surface area contributed by atoms with E-state index < -0.39 is 23.8 Å². The van der Waals surface area contributed by atoms with Gasteiger partial charge in [-0.25, -0.2) is 0 Å². The number of carbonyl (C=O) groups is 4. The third kappa shape index (κ3) is 3.19. The molecule has 1 saturated heterocycles. The molecular formula is C23H22N4O4. The lowest BCUT2D eigenvalue weighted by atomic mass is 9.96. The summed E-state index contributed by atoms with van der Waals surface area (Å²) in [5.41, 5.74) is 10.7. The van der Waals surface area contributed by atoms with Gasteiger partial charge in [0, 0.05) is 31.7 Å². The number of nitrogens with zero attached hydrogens (tertiary/aromatic N) is 2. The van der Waals surface area contributed by atoms with Crippen molar-refractivity contribution in [2.75, 3.05) is 12.3 Å². The van der Waals surface area contributed by atoms with Crippen LogP contribution in [0.4, 0.5) is 5.69 Å². The van der Waals surface area contributed by atoms with Crippen molar-refractivity contribution < 1.29 is 19.2 Å². The summed E-state index contributed by atoms with van der Waals surface area (Å²) in [4.78, 5) is 53.2. The van der Waals surface area contributed by atoms with Crippen molar-refractivity contribution in [3.8, 4) is 0 Å². The highest BCUT2D eigenvalue weighted by molar-refractivity contribution is 6.24. The van der Waals surface area contributed by atoms with E-state index in [2.05, 4.69) is 16.3 Å². The molecule has 0 aliphatic carbocycles. The van der Waals surface area contributed by atoms with E-state index in [4.69, 9.17) is 5.73 Å². The lowest BCUT2D eigenvalue weighted by Gasteiger charge is -2.30. The number of amides is 4. The Labute approximate surface area is 179 Å². The Morgan fingerprint density at radius 3 is 2.61 bits per heavy atom.